The van der Waals surface area contributed by atoms with Gasteiger partial charge in [0.25, 0.3) is 0 Å². The minimum absolute atomic E-state index is 0.126. The molecule has 0 fully saturated rings. The van der Waals surface area contributed by atoms with Gasteiger partial charge in [-0.2, -0.15) is 0 Å². The minimum atomic E-state index is -0.391. The van der Waals surface area contributed by atoms with Crippen LogP contribution < -0.4 is 16.0 Å². The van der Waals surface area contributed by atoms with Crippen molar-refractivity contribution in [3.63, 3.8) is 0 Å². The molecule has 0 saturated carbocycles. The predicted molar refractivity (Wildman–Crippen MR) is 118 cm³/mol. The summed E-state index contributed by atoms with van der Waals surface area (Å²) in [6, 6.07) is 5.78. The highest BCUT2D eigenvalue weighted by Gasteiger charge is 2.18. The zero-order valence-corrected chi connectivity index (χ0v) is 17.8. The lowest BCUT2D eigenvalue weighted by molar-refractivity contribution is -0.134. The summed E-state index contributed by atoms with van der Waals surface area (Å²) in [7, 11) is 1.36. The Kier molecular flexibility index (Phi) is 10.9. The predicted octanol–water partition coefficient (Wildman–Crippen LogP) is 2.82. The van der Waals surface area contributed by atoms with Gasteiger partial charge in [0, 0.05) is 19.2 Å². The Hall–Kier alpha value is -1.70. The zero-order chi connectivity index (χ0) is 20.2. The van der Waals surface area contributed by atoms with Crippen molar-refractivity contribution < 1.29 is 9.53 Å². The van der Waals surface area contributed by atoms with Crippen LogP contribution in [0.1, 0.15) is 32.8 Å². The number of methoxy groups -OCH3 is 1. The van der Waals surface area contributed by atoms with Crippen molar-refractivity contribution in [1.82, 2.24) is 10.2 Å². The number of hydrogen-bond donors (Lipinski definition) is 3. The molecule has 1 atom stereocenters. The number of ether oxygens (including phenoxy) is 1. The van der Waals surface area contributed by atoms with Crippen LogP contribution in [0.4, 0.5) is 11.4 Å². The molecule has 0 spiro atoms. The van der Waals surface area contributed by atoms with Crippen molar-refractivity contribution in [2.75, 3.05) is 50.5 Å². The van der Waals surface area contributed by atoms with E-state index in [1.165, 1.54) is 13.2 Å². The molecule has 0 aromatic heterocycles. The molecule has 0 aliphatic heterocycles. The summed E-state index contributed by atoms with van der Waals surface area (Å²) in [5, 5.41) is 3.42. The van der Waals surface area contributed by atoms with Gasteiger partial charge in [-0.25, -0.2) is 4.79 Å². The van der Waals surface area contributed by atoms with Gasteiger partial charge < -0.3 is 20.3 Å². The third kappa shape index (κ3) is 7.82. The number of carbonyl (C=O) groups is 1. The number of nitrogens with zero attached hydrogens (tertiary/aromatic N) is 2. The minimum Gasteiger partial charge on any atom is -0.466 e. The maximum absolute atomic E-state index is 11.3. The second-order valence-corrected chi connectivity index (χ2v) is 6.71. The van der Waals surface area contributed by atoms with E-state index in [-0.39, 0.29) is 5.50 Å². The molecule has 1 rings (SSSR count). The van der Waals surface area contributed by atoms with Gasteiger partial charge in [0.05, 0.1) is 18.5 Å². The summed E-state index contributed by atoms with van der Waals surface area (Å²) in [5.41, 5.74) is 8.64. The first kappa shape index (κ1) is 23.3. The normalized spacial score (nSPS) is 12.5. The van der Waals surface area contributed by atoms with Crippen LogP contribution in [0.15, 0.2) is 24.3 Å². The number of hydrogen-bond acceptors (Lipinski definition) is 7. The van der Waals surface area contributed by atoms with Gasteiger partial charge in [-0.3, -0.25) is 5.32 Å². The van der Waals surface area contributed by atoms with E-state index in [0.717, 1.165) is 50.4 Å². The van der Waals surface area contributed by atoms with Crippen LogP contribution in [0.5, 0.6) is 0 Å². The smallest absolute Gasteiger partial charge is 0.330 e. The summed E-state index contributed by atoms with van der Waals surface area (Å²) >= 11 is 4.75. The van der Waals surface area contributed by atoms with Gasteiger partial charge in [-0.1, -0.05) is 26.8 Å². The average molecular weight is 395 g/mol. The molecule has 1 unspecified atom stereocenters. The van der Waals surface area contributed by atoms with Gasteiger partial charge in [0.2, 0.25) is 0 Å². The lowest BCUT2D eigenvalue weighted by Crippen LogP contribution is -2.46. The van der Waals surface area contributed by atoms with Crippen LogP contribution in [0.2, 0.25) is 0 Å². The Morgan fingerprint density at radius 1 is 1.30 bits per heavy atom. The van der Waals surface area contributed by atoms with Crippen LogP contribution in [-0.2, 0) is 9.53 Å². The molecule has 0 saturated heterocycles. The van der Waals surface area contributed by atoms with Gasteiger partial charge in [0.1, 0.15) is 5.50 Å². The molecule has 0 radical (unpaired) electrons. The number of likely N-dealkylation sites (N-methyl/N-ethyl adjacent to an activating group) is 1. The van der Waals surface area contributed by atoms with Crippen LogP contribution in [0.3, 0.4) is 0 Å². The van der Waals surface area contributed by atoms with Crippen molar-refractivity contribution in [2.45, 2.75) is 32.7 Å². The molecule has 1 aromatic carbocycles. The quantitative estimate of drug-likeness (QED) is 0.166. The fraction of sp³-hybridized carbons (Fsp3) is 0.550. The number of nitrogen functional groups attached to an aromatic ring is 1. The van der Waals surface area contributed by atoms with Crippen molar-refractivity contribution in [2.24, 2.45) is 0 Å². The van der Waals surface area contributed by atoms with E-state index in [9.17, 15) is 4.79 Å². The molecule has 1 aromatic rings. The van der Waals surface area contributed by atoms with Crippen LogP contribution in [-0.4, -0.2) is 56.2 Å². The van der Waals surface area contributed by atoms with E-state index in [0.29, 0.717) is 5.69 Å². The van der Waals surface area contributed by atoms with Gasteiger partial charge in [-0.05, 0) is 49.8 Å². The molecule has 3 N–H and O–H groups in total. The molecule has 7 heteroatoms. The average Bonchev–Trinajstić information content (AvgIpc) is 2.68. The third-order valence-corrected chi connectivity index (χ3v) is 4.86. The number of nitrogens with two attached hydrogens (primary N) is 1. The highest BCUT2D eigenvalue weighted by atomic mass is 32.1. The number of carbonyl (C=O) groups excluding carboxylic acids is 1. The topological polar surface area (TPSA) is 70.8 Å². The van der Waals surface area contributed by atoms with Crippen molar-refractivity contribution in [3.05, 3.63) is 29.8 Å². The Balaban J connectivity index is 3.01. The first-order valence-electron chi connectivity index (χ1n) is 9.52. The van der Waals surface area contributed by atoms with Gasteiger partial charge >= 0.3 is 5.97 Å². The Bertz CT molecular complexity index is 606. The zero-order valence-electron chi connectivity index (χ0n) is 16.9. The van der Waals surface area contributed by atoms with Crippen molar-refractivity contribution in [3.8, 4) is 0 Å². The maximum atomic E-state index is 11.3. The number of nitrogens with one attached hydrogen (secondary N) is 1. The molecule has 0 aliphatic rings. The van der Waals surface area contributed by atoms with Crippen LogP contribution in [0.25, 0.3) is 6.08 Å². The molecule has 0 amide bonds. The number of benzene rings is 1. The standard InChI is InChI=1S/C20H34N4O2S/c1-5-12-22-20(27)24(14-13-23(6-2)7-3)18-10-8-16(15-17(18)21)9-11-19(25)26-4/h8-11,15,20,22,27H,5-7,12-14,21H2,1-4H3/b11-9+. The summed E-state index contributed by atoms with van der Waals surface area (Å²) in [5.74, 6) is -0.391. The number of thiol groups is 1. The SMILES string of the molecule is CCCNC(S)N(CCN(CC)CC)c1ccc(/C=C/C(=O)OC)cc1N. The van der Waals surface area contributed by atoms with E-state index in [1.807, 2.05) is 18.2 Å². The first-order chi connectivity index (χ1) is 13.0. The molecular formula is C20H34N4O2S. The van der Waals surface area contributed by atoms with E-state index >= 15 is 0 Å². The fourth-order valence-corrected chi connectivity index (χ4v) is 3.09. The maximum Gasteiger partial charge on any atom is 0.330 e. The monoisotopic (exact) mass is 394 g/mol. The third-order valence-electron chi connectivity index (χ3n) is 4.40. The van der Waals surface area contributed by atoms with Crippen molar-refractivity contribution in [1.29, 1.82) is 0 Å². The van der Waals surface area contributed by atoms with Gasteiger partial charge in [0.15, 0.2) is 0 Å². The fourth-order valence-electron chi connectivity index (χ4n) is 2.72. The first-order valence-corrected chi connectivity index (χ1v) is 10.0. The number of anilines is 2. The van der Waals surface area contributed by atoms with E-state index in [1.54, 1.807) is 6.08 Å². The van der Waals surface area contributed by atoms with Crippen molar-refractivity contribution >= 4 is 36.0 Å². The van der Waals surface area contributed by atoms with Crippen LogP contribution >= 0.6 is 12.6 Å². The molecule has 0 aliphatic carbocycles. The number of esters is 1. The van der Waals surface area contributed by atoms with E-state index < -0.39 is 5.97 Å². The van der Waals surface area contributed by atoms with Gasteiger partial charge in [-0.15, -0.1) is 12.6 Å². The van der Waals surface area contributed by atoms with E-state index in [2.05, 4.69) is 40.6 Å². The second-order valence-electron chi connectivity index (χ2n) is 6.22. The molecule has 27 heavy (non-hydrogen) atoms. The molecule has 0 heterocycles. The molecule has 0 bridgehead atoms. The Morgan fingerprint density at radius 3 is 2.56 bits per heavy atom. The Labute approximate surface area is 169 Å². The van der Waals surface area contributed by atoms with Crippen LogP contribution in [0, 0.1) is 0 Å². The molecular weight excluding hydrogens is 360 g/mol. The number of rotatable bonds is 12. The summed E-state index contributed by atoms with van der Waals surface area (Å²) in [4.78, 5) is 15.8. The largest absolute Gasteiger partial charge is 0.466 e. The summed E-state index contributed by atoms with van der Waals surface area (Å²) in [6.07, 6.45) is 4.12. The molecule has 152 valence electrons. The summed E-state index contributed by atoms with van der Waals surface area (Å²) in [6.45, 7) is 11.1. The second kappa shape index (κ2) is 12.6. The van der Waals surface area contributed by atoms with E-state index in [4.69, 9.17) is 18.4 Å². The highest BCUT2D eigenvalue weighted by molar-refractivity contribution is 7.81. The lowest BCUT2D eigenvalue weighted by Gasteiger charge is -2.34. The Morgan fingerprint density at radius 2 is 2.00 bits per heavy atom. The highest BCUT2D eigenvalue weighted by Crippen LogP contribution is 2.27. The molecule has 6 nitrogen and oxygen atoms in total. The lowest BCUT2D eigenvalue weighted by atomic mass is 10.1. The summed E-state index contributed by atoms with van der Waals surface area (Å²) < 4.78 is 4.62.